The van der Waals surface area contributed by atoms with Gasteiger partial charge >= 0.3 is 0 Å². The van der Waals surface area contributed by atoms with Gasteiger partial charge in [-0.1, -0.05) is 32.1 Å². The molecule has 5 nitrogen and oxygen atoms in total. The lowest BCUT2D eigenvalue weighted by Crippen LogP contribution is -2.49. The maximum atomic E-state index is 12.4. The number of carbonyl (C=O) groups excluding carboxylic acids is 1. The van der Waals surface area contributed by atoms with Crippen molar-refractivity contribution in [1.82, 2.24) is 19.4 Å². The van der Waals surface area contributed by atoms with E-state index in [1.807, 2.05) is 18.7 Å². The second kappa shape index (κ2) is 8.48. The summed E-state index contributed by atoms with van der Waals surface area (Å²) in [7, 11) is 0. The summed E-state index contributed by atoms with van der Waals surface area (Å²) in [4.78, 5) is 21.0. The number of piperazine rings is 1. The summed E-state index contributed by atoms with van der Waals surface area (Å²) in [5.74, 6) is 1.19. The van der Waals surface area contributed by atoms with E-state index in [2.05, 4.69) is 19.4 Å². The summed E-state index contributed by atoms with van der Waals surface area (Å²) < 4.78 is 2.11. The zero-order valence-electron chi connectivity index (χ0n) is 14.2. The van der Waals surface area contributed by atoms with Gasteiger partial charge in [-0.2, -0.15) is 0 Å². The van der Waals surface area contributed by atoms with E-state index in [4.69, 9.17) is 0 Å². The molecule has 0 spiro atoms. The van der Waals surface area contributed by atoms with Crippen LogP contribution in [0.5, 0.6) is 0 Å². The maximum Gasteiger partial charge on any atom is 0.222 e. The molecular formula is C18H30N4O. The van der Waals surface area contributed by atoms with Crippen LogP contribution in [0.15, 0.2) is 18.7 Å². The van der Waals surface area contributed by atoms with Gasteiger partial charge in [-0.3, -0.25) is 9.69 Å². The number of hydrogen-bond acceptors (Lipinski definition) is 3. The first-order valence-corrected chi connectivity index (χ1v) is 9.27. The van der Waals surface area contributed by atoms with E-state index in [0.29, 0.717) is 5.91 Å². The molecule has 2 heterocycles. The molecule has 0 atom stereocenters. The molecule has 2 fully saturated rings. The van der Waals surface area contributed by atoms with E-state index in [-0.39, 0.29) is 0 Å². The lowest BCUT2D eigenvalue weighted by molar-refractivity contribution is -0.133. The second-order valence-electron chi connectivity index (χ2n) is 7.07. The number of imidazole rings is 1. The zero-order valence-corrected chi connectivity index (χ0v) is 14.2. The number of aromatic nitrogens is 2. The van der Waals surface area contributed by atoms with Crippen molar-refractivity contribution in [3.63, 3.8) is 0 Å². The molecule has 1 saturated carbocycles. The maximum absolute atomic E-state index is 12.4. The number of hydrogen-bond donors (Lipinski definition) is 0. The molecule has 5 heteroatoms. The molecule has 3 rings (SSSR count). The average molecular weight is 318 g/mol. The normalized spacial score (nSPS) is 20.8. The van der Waals surface area contributed by atoms with Gasteiger partial charge in [0.2, 0.25) is 5.91 Å². The van der Waals surface area contributed by atoms with Crippen LogP contribution >= 0.6 is 0 Å². The highest BCUT2D eigenvalue weighted by Gasteiger charge is 2.22. The highest BCUT2D eigenvalue weighted by atomic mass is 16.2. The van der Waals surface area contributed by atoms with E-state index < -0.39 is 0 Å². The Morgan fingerprint density at radius 1 is 1.04 bits per heavy atom. The summed E-state index contributed by atoms with van der Waals surface area (Å²) in [5.41, 5.74) is 0. The molecule has 0 bridgehead atoms. The first kappa shape index (κ1) is 16.5. The summed E-state index contributed by atoms with van der Waals surface area (Å²) in [6.45, 7) is 5.82. The predicted octanol–water partition coefficient (Wildman–Crippen LogP) is 2.39. The van der Waals surface area contributed by atoms with Gasteiger partial charge in [-0.15, -0.1) is 0 Å². The topological polar surface area (TPSA) is 41.4 Å². The second-order valence-corrected chi connectivity index (χ2v) is 7.07. The van der Waals surface area contributed by atoms with Gasteiger partial charge in [-0.05, 0) is 12.3 Å². The average Bonchev–Trinajstić information content (AvgIpc) is 3.13. The Labute approximate surface area is 139 Å². The lowest BCUT2D eigenvalue weighted by Gasteiger charge is -2.35. The number of carbonyl (C=O) groups is 1. The SMILES string of the molecule is O=C(CCC1CCCCC1)N1CCN(CCn2ccnc2)CC1. The van der Waals surface area contributed by atoms with E-state index in [1.54, 1.807) is 0 Å². The van der Waals surface area contributed by atoms with Gasteiger partial charge in [0.05, 0.1) is 6.33 Å². The van der Waals surface area contributed by atoms with Crippen molar-refractivity contribution in [3.8, 4) is 0 Å². The fourth-order valence-corrected chi connectivity index (χ4v) is 3.86. The van der Waals surface area contributed by atoms with Gasteiger partial charge in [-0.25, -0.2) is 4.98 Å². The van der Waals surface area contributed by atoms with Crippen molar-refractivity contribution in [3.05, 3.63) is 18.7 Å². The van der Waals surface area contributed by atoms with Crippen LogP contribution in [0.3, 0.4) is 0 Å². The molecule has 1 aliphatic carbocycles. The Hall–Kier alpha value is -1.36. The first-order valence-electron chi connectivity index (χ1n) is 9.27. The van der Waals surface area contributed by atoms with Crippen molar-refractivity contribution in [1.29, 1.82) is 0 Å². The van der Waals surface area contributed by atoms with Crippen LogP contribution in [-0.4, -0.2) is 58.0 Å². The molecule has 0 radical (unpaired) electrons. The smallest absolute Gasteiger partial charge is 0.222 e. The molecule has 0 aromatic carbocycles. The Kier molecular flexibility index (Phi) is 6.08. The molecule has 1 aromatic rings. The number of rotatable bonds is 6. The monoisotopic (exact) mass is 318 g/mol. The van der Waals surface area contributed by atoms with E-state index in [9.17, 15) is 4.79 Å². The van der Waals surface area contributed by atoms with Crippen LogP contribution in [-0.2, 0) is 11.3 Å². The largest absolute Gasteiger partial charge is 0.340 e. The fraction of sp³-hybridized carbons (Fsp3) is 0.778. The quantitative estimate of drug-likeness (QED) is 0.809. The number of amides is 1. The van der Waals surface area contributed by atoms with Gasteiger partial charge < -0.3 is 9.47 Å². The molecule has 1 saturated heterocycles. The summed E-state index contributed by atoms with van der Waals surface area (Å²) in [5, 5.41) is 0. The molecule has 1 aromatic heterocycles. The Morgan fingerprint density at radius 3 is 2.52 bits per heavy atom. The molecule has 0 unspecified atom stereocenters. The molecule has 1 aliphatic heterocycles. The van der Waals surface area contributed by atoms with Crippen LogP contribution < -0.4 is 0 Å². The van der Waals surface area contributed by atoms with Gasteiger partial charge in [0.15, 0.2) is 0 Å². The van der Waals surface area contributed by atoms with Crippen LogP contribution in [0.25, 0.3) is 0 Å². The third-order valence-electron chi connectivity index (χ3n) is 5.45. The molecule has 2 aliphatic rings. The molecular weight excluding hydrogens is 288 g/mol. The Bertz CT molecular complexity index is 459. The van der Waals surface area contributed by atoms with E-state index in [1.165, 1.54) is 32.1 Å². The van der Waals surface area contributed by atoms with Crippen molar-refractivity contribution in [2.75, 3.05) is 32.7 Å². The van der Waals surface area contributed by atoms with Crippen molar-refractivity contribution < 1.29 is 4.79 Å². The van der Waals surface area contributed by atoms with Crippen molar-refractivity contribution in [2.24, 2.45) is 5.92 Å². The summed E-state index contributed by atoms with van der Waals surface area (Å²) in [6, 6.07) is 0. The Balaban J connectivity index is 1.32. The first-order chi connectivity index (χ1) is 11.3. The minimum Gasteiger partial charge on any atom is -0.340 e. The highest BCUT2D eigenvalue weighted by Crippen LogP contribution is 2.27. The molecule has 128 valence electrons. The predicted molar refractivity (Wildman–Crippen MR) is 91.1 cm³/mol. The van der Waals surface area contributed by atoms with E-state index >= 15 is 0 Å². The van der Waals surface area contributed by atoms with Crippen LogP contribution in [0.2, 0.25) is 0 Å². The lowest BCUT2D eigenvalue weighted by atomic mass is 9.86. The third-order valence-corrected chi connectivity index (χ3v) is 5.45. The molecule has 1 amide bonds. The van der Waals surface area contributed by atoms with Gasteiger partial charge in [0.1, 0.15) is 0 Å². The molecule has 0 N–H and O–H groups in total. The van der Waals surface area contributed by atoms with E-state index in [0.717, 1.165) is 58.0 Å². The fourth-order valence-electron chi connectivity index (χ4n) is 3.86. The van der Waals surface area contributed by atoms with Gasteiger partial charge in [0, 0.05) is 58.1 Å². The minimum absolute atomic E-state index is 0.379. The standard InChI is InChI=1S/C18H30N4O/c23-18(7-6-17-4-2-1-3-5-17)22-14-12-20(13-15-22)10-11-21-9-8-19-16-21/h8-9,16-17H,1-7,10-15H2. The third kappa shape index (κ3) is 5.06. The minimum atomic E-state index is 0.379. The summed E-state index contributed by atoms with van der Waals surface area (Å²) >= 11 is 0. The zero-order chi connectivity index (χ0) is 15.9. The van der Waals surface area contributed by atoms with Crippen LogP contribution in [0.1, 0.15) is 44.9 Å². The van der Waals surface area contributed by atoms with Gasteiger partial charge in [0.25, 0.3) is 0 Å². The Morgan fingerprint density at radius 2 is 1.83 bits per heavy atom. The summed E-state index contributed by atoms with van der Waals surface area (Å²) in [6.07, 6.45) is 14.4. The van der Waals surface area contributed by atoms with Crippen molar-refractivity contribution >= 4 is 5.91 Å². The van der Waals surface area contributed by atoms with Crippen LogP contribution in [0, 0.1) is 5.92 Å². The van der Waals surface area contributed by atoms with Crippen LogP contribution in [0.4, 0.5) is 0 Å². The highest BCUT2D eigenvalue weighted by molar-refractivity contribution is 5.76. The van der Waals surface area contributed by atoms with Crippen molar-refractivity contribution in [2.45, 2.75) is 51.5 Å². The molecule has 23 heavy (non-hydrogen) atoms. The number of nitrogens with zero attached hydrogens (tertiary/aromatic N) is 4.